The largest absolute Gasteiger partial charge is 0.484 e. The van der Waals surface area contributed by atoms with Crippen molar-refractivity contribution in [3.8, 4) is 5.75 Å². The van der Waals surface area contributed by atoms with E-state index in [1.165, 1.54) is 0 Å². The molecule has 1 aliphatic carbocycles. The van der Waals surface area contributed by atoms with E-state index in [-0.39, 0.29) is 18.6 Å². The molecule has 0 radical (unpaired) electrons. The van der Waals surface area contributed by atoms with Crippen molar-refractivity contribution in [1.82, 2.24) is 5.32 Å². The summed E-state index contributed by atoms with van der Waals surface area (Å²) in [5, 5.41) is 3.68. The van der Waals surface area contributed by atoms with Crippen molar-refractivity contribution in [1.29, 1.82) is 0 Å². The van der Waals surface area contributed by atoms with Crippen LogP contribution in [0.5, 0.6) is 5.75 Å². The van der Waals surface area contributed by atoms with Crippen LogP contribution in [0.1, 0.15) is 32.1 Å². The lowest BCUT2D eigenvalue weighted by Gasteiger charge is -2.28. The maximum atomic E-state index is 12.3. The van der Waals surface area contributed by atoms with Crippen LogP contribution < -0.4 is 10.1 Å². The van der Waals surface area contributed by atoms with Gasteiger partial charge in [0, 0.05) is 22.4 Å². The van der Waals surface area contributed by atoms with Crippen LogP contribution in [0.15, 0.2) is 59.5 Å². The van der Waals surface area contributed by atoms with E-state index in [2.05, 4.69) is 5.32 Å². The number of amides is 1. The number of ether oxygens (including phenoxy) is 1. The number of Topliss-reactive ketones (excluding diaryl/α,β-unsaturated/α-hetero) is 1. The number of rotatable bonds is 9. The molecule has 154 valence electrons. The van der Waals surface area contributed by atoms with E-state index in [0.29, 0.717) is 34.6 Å². The minimum absolute atomic E-state index is 0.00322. The van der Waals surface area contributed by atoms with Gasteiger partial charge in [-0.1, -0.05) is 29.8 Å². The Hall–Kier alpha value is -1.98. The highest BCUT2D eigenvalue weighted by Crippen LogP contribution is 2.28. The molecule has 0 atom stereocenters. The second kappa shape index (κ2) is 11.3. The molecule has 0 bridgehead atoms. The summed E-state index contributed by atoms with van der Waals surface area (Å²) >= 11 is 7.44. The predicted octanol–water partition coefficient (Wildman–Crippen LogP) is 5.15. The third kappa shape index (κ3) is 7.75. The highest BCUT2D eigenvalue weighted by atomic mass is 35.5. The molecule has 0 spiro atoms. The Balaban J connectivity index is 1.30. The van der Waals surface area contributed by atoms with Crippen LogP contribution in [0.2, 0.25) is 5.02 Å². The van der Waals surface area contributed by atoms with Gasteiger partial charge in [-0.2, -0.15) is 0 Å². The molecular weight excluding hydrogens is 406 g/mol. The zero-order chi connectivity index (χ0) is 20.5. The van der Waals surface area contributed by atoms with Gasteiger partial charge in [-0.15, -0.1) is 11.8 Å². The topological polar surface area (TPSA) is 55.4 Å². The van der Waals surface area contributed by atoms with Crippen molar-refractivity contribution in [2.45, 2.75) is 43.0 Å². The maximum Gasteiger partial charge on any atom is 0.258 e. The number of nitrogens with one attached hydrogen (secondary N) is 1. The molecule has 3 rings (SSSR count). The lowest BCUT2D eigenvalue weighted by molar-refractivity contribution is -0.124. The van der Waals surface area contributed by atoms with Gasteiger partial charge in [0.05, 0.1) is 5.75 Å². The highest BCUT2D eigenvalue weighted by Gasteiger charge is 2.24. The fourth-order valence-electron chi connectivity index (χ4n) is 3.52. The summed E-state index contributed by atoms with van der Waals surface area (Å²) in [6.45, 7) is -0.00322. The Morgan fingerprint density at radius 1 is 1.00 bits per heavy atom. The van der Waals surface area contributed by atoms with Crippen molar-refractivity contribution in [3.05, 3.63) is 59.6 Å². The number of hydrogen-bond acceptors (Lipinski definition) is 4. The van der Waals surface area contributed by atoms with Gasteiger partial charge in [0.15, 0.2) is 6.61 Å². The molecule has 1 saturated carbocycles. The van der Waals surface area contributed by atoms with E-state index in [1.807, 2.05) is 30.3 Å². The summed E-state index contributed by atoms with van der Waals surface area (Å²) in [6, 6.07) is 17.1. The summed E-state index contributed by atoms with van der Waals surface area (Å²) in [6.07, 6.45) is 4.42. The van der Waals surface area contributed by atoms with Gasteiger partial charge < -0.3 is 10.1 Å². The van der Waals surface area contributed by atoms with E-state index < -0.39 is 0 Å². The van der Waals surface area contributed by atoms with Crippen LogP contribution in [0.4, 0.5) is 0 Å². The number of carbonyl (C=O) groups is 2. The van der Waals surface area contributed by atoms with Crippen LogP contribution in [0.3, 0.4) is 0 Å². The molecule has 0 heterocycles. The first-order valence-electron chi connectivity index (χ1n) is 9.96. The van der Waals surface area contributed by atoms with Gasteiger partial charge in [-0.3, -0.25) is 9.59 Å². The molecule has 1 amide bonds. The zero-order valence-corrected chi connectivity index (χ0v) is 17.9. The van der Waals surface area contributed by atoms with Gasteiger partial charge in [0.25, 0.3) is 5.91 Å². The van der Waals surface area contributed by atoms with Crippen LogP contribution in [0.25, 0.3) is 0 Å². The van der Waals surface area contributed by atoms with Crippen LogP contribution in [-0.2, 0) is 9.59 Å². The normalized spacial score (nSPS) is 18.8. The Kier molecular flexibility index (Phi) is 8.44. The molecule has 1 fully saturated rings. The minimum Gasteiger partial charge on any atom is -0.484 e. The van der Waals surface area contributed by atoms with Crippen molar-refractivity contribution >= 4 is 35.1 Å². The summed E-state index contributed by atoms with van der Waals surface area (Å²) in [5.41, 5.74) is 0. The monoisotopic (exact) mass is 431 g/mol. The highest BCUT2D eigenvalue weighted by molar-refractivity contribution is 8.00. The average molecular weight is 432 g/mol. The van der Waals surface area contributed by atoms with Gasteiger partial charge in [0.2, 0.25) is 0 Å². The van der Waals surface area contributed by atoms with E-state index in [1.54, 1.807) is 36.0 Å². The fraction of sp³-hybridized carbons (Fsp3) is 0.391. The van der Waals surface area contributed by atoms with Gasteiger partial charge in [-0.25, -0.2) is 0 Å². The lowest BCUT2D eigenvalue weighted by Crippen LogP contribution is -2.40. The third-order valence-electron chi connectivity index (χ3n) is 5.05. The number of hydrogen-bond donors (Lipinski definition) is 1. The van der Waals surface area contributed by atoms with Crippen molar-refractivity contribution in [3.63, 3.8) is 0 Å². The van der Waals surface area contributed by atoms with Crippen molar-refractivity contribution < 1.29 is 14.3 Å². The van der Waals surface area contributed by atoms with Gasteiger partial charge in [0.1, 0.15) is 11.5 Å². The molecule has 4 nitrogen and oxygen atoms in total. The first-order valence-corrected chi connectivity index (χ1v) is 11.3. The Labute approximate surface area is 181 Å². The van der Waals surface area contributed by atoms with E-state index in [4.69, 9.17) is 16.3 Å². The Morgan fingerprint density at radius 2 is 1.69 bits per heavy atom. The summed E-state index contributed by atoms with van der Waals surface area (Å²) in [4.78, 5) is 25.5. The number of benzene rings is 2. The minimum atomic E-state index is -0.112. The first-order chi connectivity index (χ1) is 14.1. The summed E-state index contributed by atoms with van der Waals surface area (Å²) < 4.78 is 5.48. The second-order valence-electron chi connectivity index (χ2n) is 7.37. The molecule has 0 aliphatic heterocycles. The maximum absolute atomic E-state index is 12.3. The van der Waals surface area contributed by atoms with Crippen LogP contribution >= 0.6 is 23.4 Å². The predicted molar refractivity (Wildman–Crippen MR) is 118 cm³/mol. The number of carbonyl (C=O) groups excluding carboxylic acids is 2. The molecule has 6 heteroatoms. The van der Waals surface area contributed by atoms with Gasteiger partial charge in [-0.05, 0) is 68.0 Å². The molecule has 0 aromatic heterocycles. The molecule has 2 aromatic carbocycles. The molecule has 0 unspecified atom stereocenters. The number of halogens is 1. The van der Waals surface area contributed by atoms with Crippen molar-refractivity contribution in [2.75, 3.05) is 12.4 Å². The van der Waals surface area contributed by atoms with Crippen molar-refractivity contribution in [2.24, 2.45) is 5.92 Å². The third-order valence-corrected chi connectivity index (χ3v) is 6.38. The smallest absolute Gasteiger partial charge is 0.258 e. The molecule has 2 aromatic rings. The van der Waals surface area contributed by atoms with E-state index >= 15 is 0 Å². The molecule has 0 saturated heterocycles. The quantitative estimate of drug-likeness (QED) is 0.558. The lowest BCUT2D eigenvalue weighted by atomic mass is 9.83. The van der Waals surface area contributed by atoms with E-state index in [0.717, 1.165) is 30.6 Å². The SMILES string of the molecule is O=C(CSc1ccccc1)CC1CCC(NC(=O)COc2ccc(Cl)cc2)CC1. The van der Waals surface area contributed by atoms with Gasteiger partial charge >= 0.3 is 0 Å². The first kappa shape index (κ1) is 21.7. The average Bonchev–Trinajstić information content (AvgIpc) is 2.74. The van der Waals surface area contributed by atoms with Crippen LogP contribution in [0, 0.1) is 5.92 Å². The van der Waals surface area contributed by atoms with Crippen LogP contribution in [-0.4, -0.2) is 30.1 Å². The Morgan fingerprint density at radius 3 is 2.38 bits per heavy atom. The second-order valence-corrected chi connectivity index (χ2v) is 8.86. The fourth-order valence-corrected chi connectivity index (χ4v) is 4.44. The number of ketones is 1. The summed E-state index contributed by atoms with van der Waals surface area (Å²) in [7, 11) is 0. The van der Waals surface area contributed by atoms with E-state index in [9.17, 15) is 9.59 Å². The number of thioether (sulfide) groups is 1. The summed E-state index contributed by atoms with van der Waals surface area (Å²) in [5.74, 6) is 1.78. The molecule has 1 aliphatic rings. The Bertz CT molecular complexity index is 790. The standard InChI is InChI=1S/C23H26ClNO3S/c24-18-8-12-21(13-9-18)28-15-23(27)25-19-10-6-17(7-11-19)14-20(26)16-29-22-4-2-1-3-5-22/h1-5,8-9,12-13,17,19H,6-7,10-11,14-16H2,(H,25,27). The molecule has 29 heavy (non-hydrogen) atoms. The molecule has 1 N–H and O–H groups in total. The molecular formula is C23H26ClNO3S. The zero-order valence-electron chi connectivity index (χ0n) is 16.3.